The molecule has 4 heteroatoms. The highest BCUT2D eigenvalue weighted by molar-refractivity contribution is 5.76. The van der Waals surface area contributed by atoms with Crippen molar-refractivity contribution < 1.29 is 9.53 Å². The molecule has 0 bridgehead atoms. The summed E-state index contributed by atoms with van der Waals surface area (Å²) in [6.07, 6.45) is 7.72. The molecule has 4 nitrogen and oxygen atoms in total. The van der Waals surface area contributed by atoms with Gasteiger partial charge in [0.15, 0.2) is 0 Å². The summed E-state index contributed by atoms with van der Waals surface area (Å²) in [5.41, 5.74) is 0. The van der Waals surface area contributed by atoms with Crippen molar-refractivity contribution in [1.82, 2.24) is 10.2 Å². The van der Waals surface area contributed by atoms with Gasteiger partial charge in [-0.25, -0.2) is 0 Å². The molecule has 2 fully saturated rings. The van der Waals surface area contributed by atoms with Crippen LogP contribution in [0.4, 0.5) is 0 Å². The largest absolute Gasteiger partial charge is 0.468 e. The highest BCUT2D eigenvalue weighted by atomic mass is 16.5. The molecule has 0 aliphatic heterocycles. The molecule has 0 aromatic rings. The summed E-state index contributed by atoms with van der Waals surface area (Å²) < 4.78 is 4.86. The van der Waals surface area contributed by atoms with E-state index in [-0.39, 0.29) is 12.0 Å². The van der Waals surface area contributed by atoms with Gasteiger partial charge in [-0.15, -0.1) is 0 Å². The van der Waals surface area contributed by atoms with Crippen LogP contribution in [-0.4, -0.2) is 50.2 Å². The average molecular weight is 254 g/mol. The van der Waals surface area contributed by atoms with E-state index in [4.69, 9.17) is 4.74 Å². The molecule has 0 amide bonds. The van der Waals surface area contributed by atoms with E-state index in [2.05, 4.69) is 17.3 Å². The second kappa shape index (κ2) is 6.53. The molecule has 1 unspecified atom stereocenters. The van der Waals surface area contributed by atoms with E-state index in [9.17, 15) is 4.79 Å². The van der Waals surface area contributed by atoms with Crippen molar-refractivity contribution in [1.29, 1.82) is 0 Å². The van der Waals surface area contributed by atoms with Crippen molar-refractivity contribution in [3.05, 3.63) is 0 Å². The first-order valence-corrected chi connectivity index (χ1v) is 7.24. The number of ether oxygens (including phenoxy) is 1. The van der Waals surface area contributed by atoms with Gasteiger partial charge in [0.25, 0.3) is 0 Å². The maximum Gasteiger partial charge on any atom is 0.323 e. The van der Waals surface area contributed by atoms with Crippen LogP contribution in [0.3, 0.4) is 0 Å². The first-order chi connectivity index (χ1) is 8.72. The van der Waals surface area contributed by atoms with Crippen LogP contribution in [0.1, 0.15) is 38.5 Å². The molecule has 0 aromatic heterocycles. The van der Waals surface area contributed by atoms with Crippen molar-refractivity contribution in [2.75, 3.05) is 27.2 Å². The Balaban J connectivity index is 1.67. The van der Waals surface area contributed by atoms with E-state index in [1.165, 1.54) is 32.8 Å². The summed E-state index contributed by atoms with van der Waals surface area (Å²) in [5.74, 6) is 0.412. The summed E-state index contributed by atoms with van der Waals surface area (Å²) in [7, 11) is 3.67. The van der Waals surface area contributed by atoms with Crippen molar-refractivity contribution >= 4 is 5.97 Å². The third-order valence-electron chi connectivity index (χ3n) is 4.33. The monoisotopic (exact) mass is 254 g/mol. The maximum atomic E-state index is 11.6. The Morgan fingerprint density at radius 3 is 2.56 bits per heavy atom. The van der Waals surface area contributed by atoms with Gasteiger partial charge in [0.2, 0.25) is 0 Å². The molecule has 2 rings (SSSR count). The van der Waals surface area contributed by atoms with Crippen molar-refractivity contribution in [2.24, 2.45) is 5.92 Å². The molecule has 0 heterocycles. The van der Waals surface area contributed by atoms with Gasteiger partial charge in [-0.3, -0.25) is 4.79 Å². The van der Waals surface area contributed by atoms with E-state index >= 15 is 0 Å². The van der Waals surface area contributed by atoms with Gasteiger partial charge >= 0.3 is 5.97 Å². The minimum absolute atomic E-state index is 0.0769. The lowest BCUT2D eigenvalue weighted by Gasteiger charge is -2.25. The van der Waals surface area contributed by atoms with Crippen LogP contribution in [0, 0.1) is 5.92 Å². The third-order valence-corrected chi connectivity index (χ3v) is 4.33. The first kappa shape index (κ1) is 13.8. The summed E-state index contributed by atoms with van der Waals surface area (Å²) in [6.45, 7) is 1.90. The smallest absolute Gasteiger partial charge is 0.323 e. The molecule has 0 radical (unpaired) electrons. The zero-order valence-electron chi connectivity index (χ0n) is 11.7. The number of likely N-dealkylation sites (N-methyl/N-ethyl adjacent to an activating group) is 1. The number of hydrogen-bond donors (Lipinski definition) is 1. The Bertz CT molecular complexity index is 273. The van der Waals surface area contributed by atoms with Gasteiger partial charge in [-0.1, -0.05) is 12.8 Å². The minimum Gasteiger partial charge on any atom is -0.468 e. The van der Waals surface area contributed by atoms with Crippen LogP contribution >= 0.6 is 0 Å². The molecule has 18 heavy (non-hydrogen) atoms. The van der Waals surface area contributed by atoms with Crippen LogP contribution in [0.15, 0.2) is 0 Å². The van der Waals surface area contributed by atoms with Gasteiger partial charge in [0.05, 0.1) is 7.11 Å². The lowest BCUT2D eigenvalue weighted by atomic mass is 10.2. The number of carbonyl (C=O) groups excluding carboxylic acids is 1. The van der Waals surface area contributed by atoms with Gasteiger partial charge in [-0.05, 0) is 38.6 Å². The van der Waals surface area contributed by atoms with Gasteiger partial charge < -0.3 is 15.0 Å². The lowest BCUT2D eigenvalue weighted by Crippen LogP contribution is -2.44. The number of rotatable bonds is 7. The molecule has 2 aliphatic rings. The fourth-order valence-electron chi connectivity index (χ4n) is 2.92. The number of nitrogens with one attached hydrogen (secondary N) is 1. The molecular formula is C14H26N2O2. The Morgan fingerprint density at radius 2 is 2.00 bits per heavy atom. The minimum atomic E-state index is -0.0963. The molecule has 2 aliphatic carbocycles. The Morgan fingerprint density at radius 1 is 1.33 bits per heavy atom. The number of hydrogen-bond acceptors (Lipinski definition) is 4. The molecule has 0 saturated heterocycles. The summed E-state index contributed by atoms with van der Waals surface area (Å²) in [4.78, 5) is 14.1. The van der Waals surface area contributed by atoms with E-state index in [0.717, 1.165) is 32.0 Å². The molecular weight excluding hydrogens is 228 g/mol. The van der Waals surface area contributed by atoms with Crippen LogP contribution in [-0.2, 0) is 9.53 Å². The Kier molecular flexibility index (Phi) is 5.01. The van der Waals surface area contributed by atoms with Crippen LogP contribution in [0.2, 0.25) is 0 Å². The van der Waals surface area contributed by atoms with E-state index in [1.807, 2.05) is 0 Å². The number of methoxy groups -OCH3 is 1. The fraction of sp³-hybridized carbons (Fsp3) is 0.929. The standard InChI is InChI=1S/C14H26N2O2/c1-16(12-5-3-4-6-12)10-9-15-13(11-7-8-11)14(17)18-2/h11-13,15H,3-10H2,1-2H3. The van der Waals surface area contributed by atoms with Crippen LogP contribution < -0.4 is 5.32 Å². The second-order valence-corrected chi connectivity index (χ2v) is 5.71. The SMILES string of the molecule is COC(=O)C(NCCN(C)C1CCCC1)C1CC1. The van der Waals surface area contributed by atoms with Crippen molar-refractivity contribution in [2.45, 2.75) is 50.6 Å². The predicted octanol–water partition coefficient (Wildman–Crippen LogP) is 1.40. The van der Waals surface area contributed by atoms with Crippen molar-refractivity contribution in [3.8, 4) is 0 Å². The van der Waals surface area contributed by atoms with Crippen molar-refractivity contribution in [3.63, 3.8) is 0 Å². The first-order valence-electron chi connectivity index (χ1n) is 7.24. The molecule has 0 spiro atoms. The summed E-state index contributed by atoms with van der Waals surface area (Å²) >= 11 is 0. The summed E-state index contributed by atoms with van der Waals surface area (Å²) in [6, 6.07) is 0.677. The molecule has 0 aromatic carbocycles. The third kappa shape index (κ3) is 3.69. The number of nitrogens with zero attached hydrogens (tertiary/aromatic N) is 1. The fourth-order valence-corrected chi connectivity index (χ4v) is 2.92. The van der Waals surface area contributed by atoms with Crippen LogP contribution in [0.5, 0.6) is 0 Å². The number of carbonyl (C=O) groups is 1. The number of esters is 1. The van der Waals surface area contributed by atoms with Gasteiger partial charge in [0, 0.05) is 19.1 Å². The Hall–Kier alpha value is -0.610. The normalized spacial score (nSPS) is 22.4. The predicted molar refractivity (Wildman–Crippen MR) is 71.4 cm³/mol. The molecule has 1 atom stereocenters. The van der Waals surface area contributed by atoms with E-state index in [0.29, 0.717) is 5.92 Å². The zero-order chi connectivity index (χ0) is 13.0. The maximum absolute atomic E-state index is 11.6. The van der Waals surface area contributed by atoms with Crippen LogP contribution in [0.25, 0.3) is 0 Å². The summed E-state index contributed by atoms with van der Waals surface area (Å²) in [5, 5.41) is 3.37. The highest BCUT2D eigenvalue weighted by Crippen LogP contribution is 2.33. The molecule has 2 saturated carbocycles. The topological polar surface area (TPSA) is 41.6 Å². The highest BCUT2D eigenvalue weighted by Gasteiger charge is 2.36. The van der Waals surface area contributed by atoms with Gasteiger partial charge in [0.1, 0.15) is 6.04 Å². The molecule has 1 N–H and O–H groups in total. The van der Waals surface area contributed by atoms with E-state index in [1.54, 1.807) is 0 Å². The molecule has 104 valence electrons. The quantitative estimate of drug-likeness (QED) is 0.697. The second-order valence-electron chi connectivity index (χ2n) is 5.71. The van der Waals surface area contributed by atoms with Gasteiger partial charge in [-0.2, -0.15) is 0 Å². The van der Waals surface area contributed by atoms with E-state index < -0.39 is 0 Å². The Labute approximate surface area is 110 Å². The zero-order valence-corrected chi connectivity index (χ0v) is 11.7. The lowest BCUT2D eigenvalue weighted by molar-refractivity contribution is -0.143. The average Bonchev–Trinajstić information content (AvgIpc) is 3.06.